The maximum absolute atomic E-state index is 9.34. The molecule has 0 aliphatic rings. The summed E-state index contributed by atoms with van der Waals surface area (Å²) in [7, 11) is 0. The summed E-state index contributed by atoms with van der Waals surface area (Å²) in [5.41, 5.74) is 2.41. The Morgan fingerprint density at radius 2 is 1.84 bits per heavy atom. The van der Waals surface area contributed by atoms with E-state index in [9.17, 15) is 5.11 Å². The molecule has 0 unspecified atom stereocenters. The molecule has 19 heavy (non-hydrogen) atoms. The number of aryl methyl sites for hydroxylation is 2. The van der Waals surface area contributed by atoms with Gasteiger partial charge in [-0.1, -0.05) is 6.07 Å². The summed E-state index contributed by atoms with van der Waals surface area (Å²) in [5, 5.41) is 9.34. The quantitative estimate of drug-likeness (QED) is 0.757. The molecule has 102 valence electrons. The van der Waals surface area contributed by atoms with Gasteiger partial charge in [0.2, 0.25) is 6.20 Å². The Kier molecular flexibility index (Phi) is 5.64. The van der Waals surface area contributed by atoms with Crippen LogP contribution in [-0.2, 0) is 6.54 Å². The second kappa shape index (κ2) is 7.00. The number of ether oxygens (including phenoxy) is 1. The topological polar surface area (TPSA) is 33.3 Å². The van der Waals surface area contributed by atoms with E-state index < -0.39 is 0 Å². The lowest BCUT2D eigenvalue weighted by Crippen LogP contribution is -3.00. The third-order valence-corrected chi connectivity index (χ3v) is 2.66. The molecule has 1 N–H and O–H groups in total. The largest absolute Gasteiger partial charge is 1.00 e. The van der Waals surface area contributed by atoms with Gasteiger partial charge in [-0.2, -0.15) is 4.57 Å². The van der Waals surface area contributed by atoms with E-state index in [4.69, 9.17) is 4.74 Å². The first-order valence-corrected chi connectivity index (χ1v) is 6.03. The molecule has 0 spiro atoms. The zero-order valence-electron chi connectivity index (χ0n) is 11.1. The summed E-state index contributed by atoms with van der Waals surface area (Å²) < 4.78 is 7.61. The molecule has 0 atom stereocenters. The van der Waals surface area contributed by atoms with E-state index in [0.29, 0.717) is 13.2 Å². The summed E-state index contributed by atoms with van der Waals surface area (Å²) >= 11 is 0. The average Bonchev–Trinajstić information content (AvgIpc) is 2.27. The Labute approximate surface area is 119 Å². The van der Waals surface area contributed by atoms with Crippen molar-refractivity contribution in [3.8, 4) is 11.5 Å². The van der Waals surface area contributed by atoms with Crippen molar-refractivity contribution in [2.45, 2.75) is 20.4 Å². The van der Waals surface area contributed by atoms with Crippen LogP contribution in [0.3, 0.4) is 0 Å². The highest BCUT2D eigenvalue weighted by atomic mass is 35.5. The molecule has 2 aromatic rings. The fraction of sp³-hybridized carbons (Fsp3) is 0.267. The monoisotopic (exact) mass is 279 g/mol. The highest BCUT2D eigenvalue weighted by molar-refractivity contribution is 5.32. The molecule has 1 aromatic carbocycles. The molecule has 0 bridgehead atoms. The Morgan fingerprint density at radius 1 is 1.16 bits per heavy atom. The van der Waals surface area contributed by atoms with Crippen molar-refractivity contribution >= 4 is 0 Å². The van der Waals surface area contributed by atoms with Crippen molar-refractivity contribution in [1.82, 2.24) is 0 Å². The minimum absolute atomic E-state index is 0. The maximum Gasteiger partial charge on any atom is 0.211 e. The predicted octanol–water partition coefficient (Wildman–Crippen LogP) is -0.620. The molecule has 0 saturated carbocycles. The van der Waals surface area contributed by atoms with Crippen LogP contribution in [0.2, 0.25) is 0 Å². The van der Waals surface area contributed by atoms with Gasteiger partial charge in [0.05, 0.1) is 0 Å². The van der Waals surface area contributed by atoms with Gasteiger partial charge in [0.15, 0.2) is 18.5 Å². The normalized spacial score (nSPS) is 9.79. The first-order chi connectivity index (χ1) is 8.63. The fourth-order valence-electron chi connectivity index (χ4n) is 1.93. The smallest absolute Gasteiger partial charge is 0.211 e. The summed E-state index contributed by atoms with van der Waals surface area (Å²) in [6.45, 7) is 5.41. The average molecular weight is 280 g/mol. The summed E-state index contributed by atoms with van der Waals surface area (Å²) in [6, 6.07) is 9.64. The zero-order chi connectivity index (χ0) is 13.0. The number of hydrogen-bond acceptors (Lipinski definition) is 2. The first kappa shape index (κ1) is 15.3. The number of benzene rings is 1. The van der Waals surface area contributed by atoms with Gasteiger partial charge in [0.1, 0.15) is 12.4 Å². The van der Waals surface area contributed by atoms with E-state index in [1.165, 1.54) is 11.1 Å². The minimum atomic E-state index is 0. The van der Waals surface area contributed by atoms with Gasteiger partial charge in [0.25, 0.3) is 0 Å². The van der Waals surface area contributed by atoms with Gasteiger partial charge >= 0.3 is 0 Å². The Balaban J connectivity index is 0.00000180. The number of pyridine rings is 1. The lowest BCUT2D eigenvalue weighted by Gasteiger charge is -2.06. The molecule has 3 nitrogen and oxygen atoms in total. The number of hydrogen-bond donors (Lipinski definition) is 1. The second-order valence-electron chi connectivity index (χ2n) is 4.47. The summed E-state index contributed by atoms with van der Waals surface area (Å²) in [6.07, 6.45) is 3.59. The van der Waals surface area contributed by atoms with E-state index in [1.54, 1.807) is 12.3 Å². The molecule has 0 radical (unpaired) electrons. The Hall–Kier alpha value is -1.74. The van der Waals surface area contributed by atoms with Crippen LogP contribution in [0.25, 0.3) is 0 Å². The standard InChI is InChI=1S/C15H17NO2.ClH/c1-12-8-13(2)10-15(9-12)18-7-6-16-5-3-4-14(17)11-16;/h3-5,8-11H,6-7H2,1-2H3;1H. The molecule has 0 amide bonds. The highest BCUT2D eigenvalue weighted by Gasteiger charge is 2.03. The number of aromatic nitrogens is 1. The molecular formula is C15H18ClNO2. The molecule has 1 aromatic heterocycles. The van der Waals surface area contributed by atoms with Gasteiger partial charge in [-0.05, 0) is 43.2 Å². The molecule has 1 heterocycles. The van der Waals surface area contributed by atoms with Crippen LogP contribution in [-0.4, -0.2) is 11.7 Å². The van der Waals surface area contributed by atoms with Gasteiger partial charge in [-0.15, -0.1) is 0 Å². The Morgan fingerprint density at radius 3 is 2.47 bits per heavy atom. The lowest BCUT2D eigenvalue weighted by atomic mass is 10.1. The Bertz CT molecular complexity index is 523. The van der Waals surface area contributed by atoms with Gasteiger partial charge in [0, 0.05) is 6.07 Å². The summed E-state index contributed by atoms with van der Waals surface area (Å²) in [4.78, 5) is 0. The lowest BCUT2D eigenvalue weighted by molar-refractivity contribution is -0.697. The van der Waals surface area contributed by atoms with E-state index in [0.717, 1.165) is 5.75 Å². The third kappa shape index (κ3) is 4.79. The van der Waals surface area contributed by atoms with Crippen molar-refractivity contribution in [3.63, 3.8) is 0 Å². The van der Waals surface area contributed by atoms with Crippen LogP contribution in [0.15, 0.2) is 42.7 Å². The van der Waals surface area contributed by atoms with Gasteiger partial charge < -0.3 is 22.3 Å². The molecular weight excluding hydrogens is 262 g/mol. The van der Waals surface area contributed by atoms with Crippen molar-refractivity contribution in [2.75, 3.05) is 6.61 Å². The minimum Gasteiger partial charge on any atom is -1.00 e. The van der Waals surface area contributed by atoms with Crippen molar-refractivity contribution in [1.29, 1.82) is 0 Å². The molecule has 0 aliphatic carbocycles. The van der Waals surface area contributed by atoms with Crippen molar-refractivity contribution < 1.29 is 26.8 Å². The van der Waals surface area contributed by atoms with E-state index in [1.807, 2.05) is 29.0 Å². The van der Waals surface area contributed by atoms with Crippen LogP contribution in [0.5, 0.6) is 11.5 Å². The van der Waals surface area contributed by atoms with E-state index in [-0.39, 0.29) is 18.2 Å². The maximum atomic E-state index is 9.34. The number of halogens is 1. The van der Waals surface area contributed by atoms with Crippen LogP contribution in [0.1, 0.15) is 11.1 Å². The summed E-state index contributed by atoms with van der Waals surface area (Å²) in [5.74, 6) is 1.16. The fourth-order valence-corrected chi connectivity index (χ4v) is 1.93. The highest BCUT2D eigenvalue weighted by Crippen LogP contribution is 2.15. The predicted molar refractivity (Wildman–Crippen MR) is 69.7 cm³/mol. The molecule has 0 saturated heterocycles. The van der Waals surface area contributed by atoms with Crippen LogP contribution >= 0.6 is 0 Å². The first-order valence-electron chi connectivity index (χ1n) is 6.03. The molecule has 4 heteroatoms. The van der Waals surface area contributed by atoms with Crippen LogP contribution in [0, 0.1) is 13.8 Å². The SMILES string of the molecule is Cc1cc(C)cc(OCC[n+]2cccc(O)c2)c1.[Cl-]. The van der Waals surface area contributed by atoms with E-state index >= 15 is 0 Å². The van der Waals surface area contributed by atoms with Gasteiger partial charge in [-0.3, -0.25) is 0 Å². The van der Waals surface area contributed by atoms with Crippen LogP contribution in [0.4, 0.5) is 0 Å². The molecule has 0 aliphatic heterocycles. The number of rotatable bonds is 4. The van der Waals surface area contributed by atoms with Gasteiger partial charge in [-0.25, -0.2) is 0 Å². The third-order valence-electron chi connectivity index (χ3n) is 2.66. The number of aromatic hydroxyl groups is 1. The van der Waals surface area contributed by atoms with Crippen molar-refractivity contribution in [2.24, 2.45) is 0 Å². The van der Waals surface area contributed by atoms with E-state index in [2.05, 4.69) is 19.9 Å². The van der Waals surface area contributed by atoms with Crippen LogP contribution < -0.4 is 21.7 Å². The molecule has 2 rings (SSSR count). The zero-order valence-corrected chi connectivity index (χ0v) is 11.9. The number of nitrogens with zero attached hydrogens (tertiary/aromatic N) is 1. The second-order valence-corrected chi connectivity index (χ2v) is 4.47. The van der Waals surface area contributed by atoms with Crippen molar-refractivity contribution in [3.05, 3.63) is 53.9 Å². The molecule has 0 fully saturated rings.